The molecule has 2 aromatic rings. The molecule has 1 unspecified atom stereocenters. The van der Waals surface area contributed by atoms with Crippen molar-refractivity contribution in [1.29, 1.82) is 0 Å². The number of carbonyl (C=O) groups excluding carboxylic acids is 1. The molecule has 0 saturated carbocycles. The first-order chi connectivity index (χ1) is 7.75. The number of benzene rings is 1. The van der Waals surface area contributed by atoms with E-state index in [-0.39, 0.29) is 4.82 Å². The van der Waals surface area contributed by atoms with Gasteiger partial charge in [0.05, 0.1) is 0 Å². The molecule has 0 fully saturated rings. The van der Waals surface area contributed by atoms with Gasteiger partial charge in [0.1, 0.15) is 0 Å². The van der Waals surface area contributed by atoms with Crippen molar-refractivity contribution in [2.75, 3.05) is 0 Å². The zero-order valence-electron chi connectivity index (χ0n) is 9.01. The van der Waals surface area contributed by atoms with Crippen molar-refractivity contribution in [2.45, 2.75) is 23.6 Å². The van der Waals surface area contributed by atoms with E-state index in [1.807, 2.05) is 18.2 Å². The third kappa shape index (κ3) is 1.49. The Morgan fingerprint density at radius 1 is 1.50 bits per heavy atom. The van der Waals surface area contributed by atoms with Gasteiger partial charge in [-0.3, -0.25) is 0 Å². The molecule has 1 aliphatic rings. The summed E-state index contributed by atoms with van der Waals surface area (Å²) in [7, 11) is 0. The van der Waals surface area contributed by atoms with E-state index in [0.29, 0.717) is 20.7 Å². The number of imidazole rings is 1. The molecule has 3 rings (SSSR count). The Balaban J connectivity index is 2.11. The van der Waals surface area contributed by atoms with Crippen LogP contribution in [0.15, 0.2) is 24.3 Å². The summed E-state index contributed by atoms with van der Waals surface area (Å²) in [5, 5.41) is 0.978. The van der Waals surface area contributed by atoms with Crippen molar-refractivity contribution in [1.82, 2.24) is 9.55 Å². The van der Waals surface area contributed by atoms with Crippen molar-refractivity contribution < 1.29 is 4.79 Å². The molecule has 1 atom stereocenters. The number of carbonyl (C=O) groups is 1. The molecule has 1 aromatic heterocycles. The van der Waals surface area contributed by atoms with Crippen molar-refractivity contribution in [3.05, 3.63) is 30.1 Å². The summed E-state index contributed by atoms with van der Waals surface area (Å²) in [6.07, 6.45) is 0. The second kappa shape index (κ2) is 3.72. The third-order valence-corrected chi connectivity index (χ3v) is 5.69. The summed E-state index contributed by atoms with van der Waals surface area (Å²) in [4.78, 5) is 16.3. The number of nitrogens with zero attached hydrogens (tertiary/aromatic N) is 2. The Morgan fingerprint density at radius 3 is 3.12 bits per heavy atom. The molecule has 0 N–H and O–H groups in total. The molecule has 82 valence electrons. The SMILES string of the molecule is CC(=O)C1Cn2c(nc3ccccc32)C[Se]1. The molecule has 0 radical (unpaired) electrons. The molecular weight excluding hydrogens is 267 g/mol. The molecule has 0 spiro atoms. The van der Waals surface area contributed by atoms with E-state index in [0.717, 1.165) is 23.2 Å². The van der Waals surface area contributed by atoms with E-state index in [9.17, 15) is 4.79 Å². The van der Waals surface area contributed by atoms with Crippen LogP contribution in [0.1, 0.15) is 12.7 Å². The van der Waals surface area contributed by atoms with E-state index < -0.39 is 0 Å². The third-order valence-electron chi connectivity index (χ3n) is 2.95. The summed E-state index contributed by atoms with van der Waals surface area (Å²) in [6, 6.07) is 8.16. The van der Waals surface area contributed by atoms with E-state index in [4.69, 9.17) is 0 Å². The molecule has 2 heterocycles. The van der Waals surface area contributed by atoms with Gasteiger partial charge in [-0.15, -0.1) is 0 Å². The number of para-hydroxylation sites is 2. The molecular formula is C12H12N2OSe. The molecule has 0 amide bonds. The minimum atomic E-state index is 0.234. The van der Waals surface area contributed by atoms with E-state index in [2.05, 4.69) is 15.6 Å². The van der Waals surface area contributed by atoms with Gasteiger partial charge in [-0.05, 0) is 0 Å². The number of fused-ring (bicyclic) bond motifs is 3. The normalized spacial score (nSPS) is 19.7. The summed E-state index contributed by atoms with van der Waals surface area (Å²) < 4.78 is 2.21. The first-order valence-electron chi connectivity index (χ1n) is 5.32. The fourth-order valence-electron chi connectivity index (χ4n) is 2.08. The average Bonchev–Trinajstić information content (AvgIpc) is 2.66. The maximum absolute atomic E-state index is 11.4. The summed E-state index contributed by atoms with van der Waals surface area (Å²) >= 11 is 0.378. The molecule has 1 aliphatic heterocycles. The molecule has 1 aromatic carbocycles. The second-order valence-electron chi connectivity index (χ2n) is 4.04. The van der Waals surface area contributed by atoms with Crippen LogP contribution >= 0.6 is 0 Å². The van der Waals surface area contributed by atoms with Gasteiger partial charge in [0.2, 0.25) is 0 Å². The van der Waals surface area contributed by atoms with Crippen LogP contribution in [0.2, 0.25) is 4.82 Å². The van der Waals surface area contributed by atoms with Gasteiger partial charge in [0.15, 0.2) is 0 Å². The number of rotatable bonds is 1. The van der Waals surface area contributed by atoms with Crippen molar-refractivity contribution in [3.8, 4) is 0 Å². The van der Waals surface area contributed by atoms with E-state index in [1.165, 1.54) is 5.52 Å². The number of aromatic nitrogens is 2. The van der Waals surface area contributed by atoms with Crippen LogP contribution in [0.5, 0.6) is 0 Å². The van der Waals surface area contributed by atoms with Crippen LogP contribution in [0, 0.1) is 0 Å². The van der Waals surface area contributed by atoms with Crippen molar-refractivity contribution in [2.24, 2.45) is 0 Å². The van der Waals surface area contributed by atoms with Crippen molar-refractivity contribution >= 4 is 31.8 Å². The maximum atomic E-state index is 11.4. The van der Waals surface area contributed by atoms with E-state index >= 15 is 0 Å². The zero-order valence-corrected chi connectivity index (χ0v) is 10.7. The van der Waals surface area contributed by atoms with Crippen LogP contribution in [0.3, 0.4) is 0 Å². The number of hydrogen-bond acceptors (Lipinski definition) is 2. The Morgan fingerprint density at radius 2 is 2.31 bits per heavy atom. The predicted molar refractivity (Wildman–Crippen MR) is 63.6 cm³/mol. The van der Waals surface area contributed by atoms with Crippen LogP contribution < -0.4 is 0 Å². The van der Waals surface area contributed by atoms with Crippen molar-refractivity contribution in [3.63, 3.8) is 0 Å². The molecule has 0 saturated heterocycles. The van der Waals surface area contributed by atoms with Crippen LogP contribution in [-0.2, 0) is 16.7 Å². The number of hydrogen-bond donors (Lipinski definition) is 0. The van der Waals surface area contributed by atoms with Gasteiger partial charge < -0.3 is 0 Å². The van der Waals surface area contributed by atoms with Crippen LogP contribution in [0.25, 0.3) is 11.0 Å². The Bertz CT molecular complexity index is 561. The monoisotopic (exact) mass is 280 g/mol. The topological polar surface area (TPSA) is 34.9 Å². The fraction of sp³-hybridized carbons (Fsp3) is 0.333. The molecule has 0 aliphatic carbocycles. The predicted octanol–water partition coefficient (Wildman–Crippen LogP) is 1.63. The molecule has 3 nitrogen and oxygen atoms in total. The molecule has 16 heavy (non-hydrogen) atoms. The Kier molecular flexibility index (Phi) is 2.34. The van der Waals surface area contributed by atoms with E-state index in [1.54, 1.807) is 6.92 Å². The average molecular weight is 279 g/mol. The van der Waals surface area contributed by atoms with Gasteiger partial charge in [-0.1, -0.05) is 0 Å². The Hall–Kier alpha value is -1.12. The van der Waals surface area contributed by atoms with Crippen LogP contribution in [-0.4, -0.2) is 30.3 Å². The fourth-order valence-corrected chi connectivity index (χ4v) is 4.30. The summed E-state index contributed by atoms with van der Waals surface area (Å²) in [5.74, 6) is 1.47. The quantitative estimate of drug-likeness (QED) is 0.744. The van der Waals surface area contributed by atoms with Gasteiger partial charge in [0.25, 0.3) is 0 Å². The second-order valence-corrected chi connectivity index (χ2v) is 6.54. The minimum absolute atomic E-state index is 0.234. The first-order valence-corrected chi connectivity index (χ1v) is 7.52. The summed E-state index contributed by atoms with van der Waals surface area (Å²) in [6.45, 7) is 2.53. The Labute approximate surface area is 100 Å². The van der Waals surface area contributed by atoms with Gasteiger partial charge in [0, 0.05) is 0 Å². The number of ketones is 1. The van der Waals surface area contributed by atoms with Gasteiger partial charge >= 0.3 is 99.8 Å². The zero-order chi connectivity index (χ0) is 11.1. The van der Waals surface area contributed by atoms with Gasteiger partial charge in [-0.2, -0.15) is 0 Å². The first kappa shape index (κ1) is 10.1. The summed E-state index contributed by atoms with van der Waals surface area (Å²) in [5.41, 5.74) is 2.22. The van der Waals surface area contributed by atoms with Gasteiger partial charge in [-0.25, -0.2) is 0 Å². The van der Waals surface area contributed by atoms with Crippen LogP contribution in [0.4, 0.5) is 0 Å². The standard InChI is InChI=1S/C12H12N2OSe/c1-8(15)11-6-14-10-5-3-2-4-9(10)13-12(14)7-16-11/h2-5,11H,6-7H2,1H3. The number of Topliss-reactive ketones (excluding diaryl/α,β-unsaturated/α-hetero) is 1. The molecule has 4 heteroatoms. The molecule has 0 bridgehead atoms.